The highest BCUT2D eigenvalue weighted by Crippen LogP contribution is 2.51. The van der Waals surface area contributed by atoms with Crippen LogP contribution in [-0.2, 0) is 9.53 Å². The molecule has 0 amide bonds. The van der Waals surface area contributed by atoms with Crippen LogP contribution in [0.5, 0.6) is 11.5 Å². The largest absolute Gasteiger partial charge is 0.457 e. The van der Waals surface area contributed by atoms with Crippen LogP contribution < -0.4 is 4.74 Å². The van der Waals surface area contributed by atoms with Crippen molar-refractivity contribution in [1.82, 2.24) is 0 Å². The van der Waals surface area contributed by atoms with Crippen LogP contribution in [0.2, 0.25) is 0 Å². The number of hydrogen-bond acceptors (Lipinski definition) is 4. The molecule has 0 aliphatic heterocycles. The molecule has 4 nitrogen and oxygen atoms in total. The average molecular weight is 378 g/mol. The third kappa shape index (κ3) is 4.11. The van der Waals surface area contributed by atoms with Gasteiger partial charge in [-0.05, 0) is 73.4 Å². The third-order valence-electron chi connectivity index (χ3n) is 6.36. The molecule has 0 aromatic heterocycles. The van der Waals surface area contributed by atoms with Crippen LogP contribution in [-0.4, -0.2) is 18.4 Å². The molecule has 0 spiro atoms. The fraction of sp³-hybridized carbons (Fsp3) is 0.417. The smallest absolute Gasteiger partial charge is 0.338 e. The lowest BCUT2D eigenvalue weighted by molar-refractivity contribution is -0.127. The molecule has 4 atom stereocenters. The highest BCUT2D eigenvalue weighted by Gasteiger charge is 2.43. The van der Waals surface area contributed by atoms with E-state index in [9.17, 15) is 9.59 Å². The van der Waals surface area contributed by atoms with Crippen LogP contribution >= 0.6 is 0 Å². The molecule has 2 fully saturated rings. The van der Waals surface area contributed by atoms with E-state index in [2.05, 4.69) is 0 Å². The summed E-state index contributed by atoms with van der Waals surface area (Å²) in [4.78, 5) is 24.8. The molecule has 0 N–H and O–H groups in total. The highest BCUT2D eigenvalue weighted by molar-refractivity contribution is 5.92. The van der Waals surface area contributed by atoms with Crippen LogP contribution in [0.3, 0.4) is 0 Å². The first-order valence-electron chi connectivity index (χ1n) is 10.1. The van der Waals surface area contributed by atoms with E-state index in [0.717, 1.165) is 18.1 Å². The van der Waals surface area contributed by atoms with E-state index < -0.39 is 5.97 Å². The van der Waals surface area contributed by atoms with Crippen molar-refractivity contribution >= 4 is 11.8 Å². The molecule has 2 saturated carbocycles. The molecule has 0 unspecified atom stereocenters. The molecule has 0 radical (unpaired) electrons. The lowest BCUT2D eigenvalue weighted by atomic mass is 9.78. The molecule has 28 heavy (non-hydrogen) atoms. The van der Waals surface area contributed by atoms with Crippen molar-refractivity contribution in [2.75, 3.05) is 6.61 Å². The van der Waals surface area contributed by atoms with Gasteiger partial charge in [0.05, 0.1) is 5.56 Å². The number of para-hydroxylation sites is 1. The van der Waals surface area contributed by atoms with Crippen LogP contribution in [0.15, 0.2) is 54.6 Å². The average Bonchev–Trinajstić information content (AvgIpc) is 3.36. The third-order valence-corrected chi connectivity index (χ3v) is 6.36. The Kier molecular flexibility index (Phi) is 5.47. The number of hydrogen-bond donors (Lipinski definition) is 0. The summed E-state index contributed by atoms with van der Waals surface area (Å²) in [7, 11) is 0. The van der Waals surface area contributed by atoms with E-state index >= 15 is 0 Å². The second-order valence-corrected chi connectivity index (χ2v) is 8.11. The predicted octanol–water partition coefficient (Wildman–Crippen LogP) is 5.28. The summed E-state index contributed by atoms with van der Waals surface area (Å²) in [5.41, 5.74) is 0.417. The Bertz CT molecular complexity index is 827. The first-order valence-corrected chi connectivity index (χ1v) is 10.1. The van der Waals surface area contributed by atoms with Crippen molar-refractivity contribution in [3.05, 3.63) is 60.2 Å². The van der Waals surface area contributed by atoms with E-state index in [1.807, 2.05) is 37.3 Å². The van der Waals surface area contributed by atoms with Crippen LogP contribution in [0, 0.1) is 23.7 Å². The van der Waals surface area contributed by atoms with Gasteiger partial charge in [-0.25, -0.2) is 4.79 Å². The number of ketones is 1. The monoisotopic (exact) mass is 378 g/mol. The molecule has 146 valence electrons. The number of ether oxygens (including phenoxy) is 2. The van der Waals surface area contributed by atoms with E-state index in [0.29, 0.717) is 23.1 Å². The second-order valence-electron chi connectivity index (χ2n) is 8.11. The number of benzene rings is 2. The maximum Gasteiger partial charge on any atom is 0.338 e. The Morgan fingerprint density at radius 1 is 0.964 bits per heavy atom. The first-order chi connectivity index (χ1) is 13.6. The van der Waals surface area contributed by atoms with Crippen molar-refractivity contribution < 1.29 is 19.1 Å². The van der Waals surface area contributed by atoms with E-state index in [1.165, 1.54) is 19.3 Å². The molecule has 2 aromatic rings. The van der Waals surface area contributed by atoms with Crippen LogP contribution in [0.4, 0.5) is 0 Å². The number of esters is 1. The topological polar surface area (TPSA) is 52.6 Å². The van der Waals surface area contributed by atoms with E-state index in [1.54, 1.807) is 24.3 Å². The molecule has 2 bridgehead atoms. The highest BCUT2D eigenvalue weighted by atomic mass is 16.5. The molecule has 4 heteroatoms. The first kappa shape index (κ1) is 18.7. The lowest BCUT2D eigenvalue weighted by Gasteiger charge is -2.26. The van der Waals surface area contributed by atoms with Crippen LogP contribution in [0.1, 0.15) is 43.0 Å². The number of rotatable bonds is 7. The molecule has 0 saturated heterocycles. The predicted molar refractivity (Wildman–Crippen MR) is 106 cm³/mol. The van der Waals surface area contributed by atoms with Gasteiger partial charge in [0.2, 0.25) is 0 Å². The fourth-order valence-electron chi connectivity index (χ4n) is 4.78. The minimum atomic E-state index is -0.472. The summed E-state index contributed by atoms with van der Waals surface area (Å²) in [6, 6.07) is 16.2. The Labute approximate surface area is 165 Å². The fourth-order valence-corrected chi connectivity index (χ4v) is 4.78. The maximum absolute atomic E-state index is 12.5. The van der Waals surface area contributed by atoms with E-state index in [-0.39, 0.29) is 18.3 Å². The Balaban J connectivity index is 1.28. The van der Waals surface area contributed by atoms with Crippen LogP contribution in [0.25, 0.3) is 0 Å². The van der Waals surface area contributed by atoms with Crippen molar-refractivity contribution in [1.29, 1.82) is 0 Å². The van der Waals surface area contributed by atoms with Gasteiger partial charge in [-0.1, -0.05) is 31.5 Å². The maximum atomic E-state index is 12.5. The molecule has 2 aromatic carbocycles. The molecular weight excluding hydrogens is 352 g/mol. The number of Topliss-reactive ketones (excluding diaryl/α,β-unsaturated/α-hetero) is 1. The van der Waals surface area contributed by atoms with Crippen molar-refractivity contribution in [2.24, 2.45) is 23.7 Å². The van der Waals surface area contributed by atoms with Crippen molar-refractivity contribution in [3.8, 4) is 11.5 Å². The lowest BCUT2D eigenvalue weighted by Crippen LogP contribution is -2.29. The number of fused-ring (bicyclic) bond motifs is 2. The van der Waals surface area contributed by atoms with Gasteiger partial charge < -0.3 is 9.47 Å². The second kappa shape index (κ2) is 8.17. The Morgan fingerprint density at radius 2 is 1.68 bits per heavy atom. The van der Waals surface area contributed by atoms with Gasteiger partial charge >= 0.3 is 5.97 Å². The molecule has 0 heterocycles. The van der Waals surface area contributed by atoms with Crippen molar-refractivity contribution in [2.45, 2.75) is 32.6 Å². The van der Waals surface area contributed by atoms with Gasteiger partial charge in [-0.15, -0.1) is 0 Å². The van der Waals surface area contributed by atoms with E-state index in [4.69, 9.17) is 9.47 Å². The SMILES string of the molecule is C[C@H](C(=O)COC(=O)c1ccc(Oc2ccccc2)cc1)[C@H]1C[C@H]2CC[C@H]1C2. The van der Waals surface area contributed by atoms with Gasteiger partial charge in [0.15, 0.2) is 12.4 Å². The summed E-state index contributed by atoms with van der Waals surface area (Å²) in [5, 5.41) is 0. The number of carbonyl (C=O) groups is 2. The molecule has 4 rings (SSSR count). The standard InChI is InChI=1S/C24H26O4/c1-16(22-14-17-7-8-19(22)13-17)23(25)15-27-24(26)18-9-11-21(12-10-18)28-20-5-3-2-4-6-20/h2-6,9-12,16-17,19,22H,7-8,13-15H2,1H3/t16-,17-,19-,22+/m0/s1. The Morgan fingerprint density at radius 3 is 2.32 bits per heavy atom. The molecule has 2 aliphatic carbocycles. The molecule has 2 aliphatic rings. The van der Waals surface area contributed by atoms with Gasteiger partial charge in [0.1, 0.15) is 11.5 Å². The van der Waals surface area contributed by atoms with Crippen molar-refractivity contribution in [3.63, 3.8) is 0 Å². The zero-order valence-corrected chi connectivity index (χ0v) is 16.2. The normalized spacial score (nSPS) is 24.0. The Hall–Kier alpha value is -2.62. The van der Waals surface area contributed by atoms with Gasteiger partial charge in [-0.2, -0.15) is 0 Å². The molecular formula is C24H26O4. The zero-order valence-electron chi connectivity index (χ0n) is 16.2. The number of carbonyl (C=O) groups excluding carboxylic acids is 2. The quantitative estimate of drug-likeness (QED) is 0.615. The minimum absolute atomic E-state index is 0.0234. The van der Waals surface area contributed by atoms with Gasteiger partial charge in [0.25, 0.3) is 0 Å². The van der Waals surface area contributed by atoms with Gasteiger partial charge in [0, 0.05) is 5.92 Å². The summed E-state index contributed by atoms with van der Waals surface area (Å²) < 4.78 is 11.0. The van der Waals surface area contributed by atoms with Gasteiger partial charge in [-0.3, -0.25) is 4.79 Å². The summed E-state index contributed by atoms with van der Waals surface area (Å²) >= 11 is 0. The minimum Gasteiger partial charge on any atom is -0.457 e. The summed E-state index contributed by atoms with van der Waals surface area (Å²) in [5.74, 6) is 2.89. The summed E-state index contributed by atoms with van der Waals surface area (Å²) in [6.07, 6.45) is 5.01. The zero-order chi connectivity index (χ0) is 19.5. The summed E-state index contributed by atoms with van der Waals surface area (Å²) in [6.45, 7) is 1.85.